The minimum atomic E-state index is -0.325. The molecule has 0 aromatic heterocycles. The Morgan fingerprint density at radius 1 is 1.50 bits per heavy atom. The van der Waals surface area contributed by atoms with E-state index in [-0.39, 0.29) is 17.1 Å². The summed E-state index contributed by atoms with van der Waals surface area (Å²) >= 11 is 3.30. The molecule has 2 rings (SSSR count). The van der Waals surface area contributed by atoms with Crippen LogP contribution in [0.15, 0.2) is 16.6 Å². The number of ether oxygens (including phenoxy) is 1. The average Bonchev–Trinajstić information content (AvgIpc) is 2.94. The lowest BCUT2D eigenvalue weighted by molar-refractivity contribution is 0.383. The Bertz CT molecular complexity index is 381. The molecule has 0 heterocycles. The Balaban J connectivity index is 2.10. The molecule has 0 unspecified atom stereocenters. The van der Waals surface area contributed by atoms with Crippen LogP contribution < -0.4 is 10.5 Å². The third kappa shape index (κ3) is 2.55. The highest BCUT2D eigenvalue weighted by Gasteiger charge is 2.37. The summed E-state index contributed by atoms with van der Waals surface area (Å²) in [5.74, 6) is -0.0635. The van der Waals surface area contributed by atoms with Crippen molar-refractivity contribution in [3.8, 4) is 5.75 Å². The zero-order valence-corrected chi connectivity index (χ0v) is 10.8. The van der Waals surface area contributed by atoms with E-state index in [1.54, 1.807) is 0 Å². The first-order chi connectivity index (χ1) is 7.54. The van der Waals surface area contributed by atoms with Gasteiger partial charge in [-0.1, -0.05) is 0 Å². The predicted molar refractivity (Wildman–Crippen MR) is 65.1 cm³/mol. The third-order valence-electron chi connectivity index (χ3n) is 3.07. The number of methoxy groups -OCH3 is 1. The van der Waals surface area contributed by atoms with Gasteiger partial charge in [0.25, 0.3) is 0 Å². The maximum atomic E-state index is 13.6. The van der Waals surface area contributed by atoms with Crippen molar-refractivity contribution in [1.82, 2.24) is 0 Å². The van der Waals surface area contributed by atoms with Crippen molar-refractivity contribution >= 4 is 15.9 Å². The van der Waals surface area contributed by atoms with E-state index in [4.69, 9.17) is 10.5 Å². The summed E-state index contributed by atoms with van der Waals surface area (Å²) in [5.41, 5.74) is 6.97. The van der Waals surface area contributed by atoms with Gasteiger partial charge in [0.2, 0.25) is 0 Å². The number of rotatable bonds is 4. The van der Waals surface area contributed by atoms with Crippen LogP contribution in [-0.4, -0.2) is 12.6 Å². The molecule has 0 radical (unpaired) electrons. The molecule has 1 saturated carbocycles. The number of hydrogen-bond donors (Lipinski definition) is 1. The molecule has 1 aromatic rings. The number of hydrogen-bond acceptors (Lipinski definition) is 2. The molecule has 1 aromatic carbocycles. The molecule has 1 fully saturated rings. The standard InChI is InChI=1S/C12H15BrFNO/c1-16-11-9(13)6-8(7-10(11)14)2-3-12(15)4-5-12/h6-7H,2-5,15H2,1H3. The van der Waals surface area contributed by atoms with Gasteiger partial charge in [0.05, 0.1) is 11.6 Å². The van der Waals surface area contributed by atoms with E-state index in [2.05, 4.69) is 15.9 Å². The largest absolute Gasteiger partial charge is 0.492 e. The van der Waals surface area contributed by atoms with Crippen molar-refractivity contribution < 1.29 is 9.13 Å². The first kappa shape index (κ1) is 11.9. The Morgan fingerprint density at radius 3 is 2.69 bits per heavy atom. The van der Waals surface area contributed by atoms with E-state index in [0.29, 0.717) is 4.47 Å². The van der Waals surface area contributed by atoms with Crippen molar-refractivity contribution in [3.63, 3.8) is 0 Å². The van der Waals surface area contributed by atoms with Gasteiger partial charge >= 0.3 is 0 Å². The maximum absolute atomic E-state index is 13.6. The predicted octanol–water partition coefficient (Wildman–Crippen LogP) is 3.02. The van der Waals surface area contributed by atoms with Crippen molar-refractivity contribution in [2.75, 3.05) is 7.11 Å². The monoisotopic (exact) mass is 287 g/mol. The summed E-state index contributed by atoms with van der Waals surface area (Å²) < 4.78 is 19.2. The summed E-state index contributed by atoms with van der Waals surface area (Å²) in [5, 5.41) is 0. The van der Waals surface area contributed by atoms with Gasteiger partial charge in [-0.05, 0) is 59.3 Å². The van der Waals surface area contributed by atoms with Crippen molar-refractivity contribution in [2.24, 2.45) is 5.73 Å². The van der Waals surface area contributed by atoms with Crippen molar-refractivity contribution in [1.29, 1.82) is 0 Å². The minimum Gasteiger partial charge on any atom is -0.492 e. The molecule has 16 heavy (non-hydrogen) atoms. The van der Waals surface area contributed by atoms with Gasteiger partial charge in [-0.2, -0.15) is 0 Å². The van der Waals surface area contributed by atoms with Gasteiger partial charge < -0.3 is 10.5 Å². The highest BCUT2D eigenvalue weighted by Crippen LogP contribution is 2.37. The molecule has 4 heteroatoms. The molecule has 88 valence electrons. The van der Waals surface area contributed by atoms with Crippen LogP contribution in [0.2, 0.25) is 0 Å². The molecule has 0 atom stereocenters. The Hall–Kier alpha value is -0.610. The molecular weight excluding hydrogens is 273 g/mol. The third-order valence-corrected chi connectivity index (χ3v) is 3.66. The van der Waals surface area contributed by atoms with E-state index >= 15 is 0 Å². The van der Waals surface area contributed by atoms with Gasteiger partial charge in [-0.25, -0.2) is 4.39 Å². The topological polar surface area (TPSA) is 35.2 Å². The van der Waals surface area contributed by atoms with Gasteiger partial charge in [0, 0.05) is 5.54 Å². The molecule has 2 nitrogen and oxygen atoms in total. The molecule has 0 aliphatic heterocycles. The molecular formula is C12H15BrFNO. The summed E-state index contributed by atoms with van der Waals surface area (Å²) in [6.07, 6.45) is 3.92. The lowest BCUT2D eigenvalue weighted by atomic mass is 10.0. The molecule has 0 spiro atoms. The van der Waals surface area contributed by atoms with E-state index in [1.165, 1.54) is 13.2 Å². The lowest BCUT2D eigenvalue weighted by Gasteiger charge is -2.10. The van der Waals surface area contributed by atoms with Crippen molar-refractivity contribution in [3.05, 3.63) is 28.0 Å². The Morgan fingerprint density at radius 2 is 2.19 bits per heavy atom. The Kier molecular flexibility index (Phi) is 3.22. The van der Waals surface area contributed by atoms with Gasteiger partial charge in [-0.3, -0.25) is 0 Å². The van der Waals surface area contributed by atoms with Crippen LogP contribution in [-0.2, 0) is 6.42 Å². The van der Waals surface area contributed by atoms with Crippen molar-refractivity contribution in [2.45, 2.75) is 31.2 Å². The normalized spacial score (nSPS) is 17.2. The lowest BCUT2D eigenvalue weighted by Crippen LogP contribution is -2.22. The molecule has 1 aliphatic rings. The van der Waals surface area contributed by atoms with E-state index in [1.807, 2.05) is 6.07 Å². The quantitative estimate of drug-likeness (QED) is 0.924. The van der Waals surface area contributed by atoms with E-state index in [0.717, 1.165) is 31.2 Å². The van der Waals surface area contributed by atoms with Crippen LogP contribution in [0.3, 0.4) is 0 Å². The fourth-order valence-electron chi connectivity index (χ4n) is 1.76. The SMILES string of the molecule is COc1c(F)cc(CCC2(N)CC2)cc1Br. The summed E-state index contributed by atoms with van der Waals surface area (Å²) in [6.45, 7) is 0. The number of nitrogens with two attached hydrogens (primary N) is 1. The van der Waals surface area contributed by atoms with Gasteiger partial charge in [0.15, 0.2) is 11.6 Å². The second-order valence-corrected chi connectivity index (χ2v) is 5.31. The summed E-state index contributed by atoms with van der Waals surface area (Å²) in [4.78, 5) is 0. The molecule has 1 aliphatic carbocycles. The zero-order chi connectivity index (χ0) is 11.8. The smallest absolute Gasteiger partial charge is 0.168 e. The number of aryl methyl sites for hydroxylation is 1. The average molecular weight is 288 g/mol. The molecule has 0 amide bonds. The van der Waals surface area contributed by atoms with Crippen LogP contribution in [0.25, 0.3) is 0 Å². The van der Waals surface area contributed by atoms with Gasteiger partial charge in [-0.15, -0.1) is 0 Å². The molecule has 0 saturated heterocycles. The number of benzene rings is 1. The zero-order valence-electron chi connectivity index (χ0n) is 9.22. The maximum Gasteiger partial charge on any atom is 0.168 e. The van der Waals surface area contributed by atoms with Crippen LogP contribution in [0.4, 0.5) is 4.39 Å². The fourth-order valence-corrected chi connectivity index (χ4v) is 2.40. The highest BCUT2D eigenvalue weighted by molar-refractivity contribution is 9.10. The summed E-state index contributed by atoms with van der Waals surface area (Å²) in [7, 11) is 1.46. The van der Waals surface area contributed by atoms with Crippen LogP contribution >= 0.6 is 15.9 Å². The second-order valence-electron chi connectivity index (χ2n) is 4.46. The summed E-state index contributed by atoms with van der Waals surface area (Å²) in [6, 6.07) is 3.42. The second kappa shape index (κ2) is 4.34. The number of halogens is 2. The first-order valence-corrected chi connectivity index (χ1v) is 6.14. The fraction of sp³-hybridized carbons (Fsp3) is 0.500. The van der Waals surface area contributed by atoms with E-state index in [9.17, 15) is 4.39 Å². The van der Waals surface area contributed by atoms with Crippen LogP contribution in [0.1, 0.15) is 24.8 Å². The van der Waals surface area contributed by atoms with Gasteiger partial charge in [0.1, 0.15) is 0 Å². The van der Waals surface area contributed by atoms with Crippen LogP contribution in [0.5, 0.6) is 5.75 Å². The minimum absolute atomic E-state index is 0.0167. The molecule has 0 bridgehead atoms. The Labute approximate surface area is 103 Å². The highest BCUT2D eigenvalue weighted by atomic mass is 79.9. The molecule has 2 N–H and O–H groups in total. The van der Waals surface area contributed by atoms with Crippen LogP contribution in [0, 0.1) is 5.82 Å². The first-order valence-electron chi connectivity index (χ1n) is 5.35. The van der Waals surface area contributed by atoms with E-state index < -0.39 is 0 Å².